The number of nitrogens with zero attached hydrogens (tertiary/aromatic N) is 1. The molecule has 0 amide bonds. The summed E-state index contributed by atoms with van der Waals surface area (Å²) >= 11 is 0. The summed E-state index contributed by atoms with van der Waals surface area (Å²) in [5, 5.41) is 0. The topological polar surface area (TPSA) is 3.24 Å². The van der Waals surface area contributed by atoms with E-state index >= 15 is 0 Å². The standard InChI is InChI=1S/C11H21N/c1-3-9(2)12-8-4-5-11(12)10-6-7-10/h9-11H,3-8H2,1-2H3. The Bertz CT molecular complexity index is 151. The molecule has 0 aromatic heterocycles. The summed E-state index contributed by atoms with van der Waals surface area (Å²) in [7, 11) is 0. The van der Waals surface area contributed by atoms with Crippen LogP contribution in [0, 0.1) is 5.92 Å². The van der Waals surface area contributed by atoms with E-state index in [9.17, 15) is 0 Å². The minimum Gasteiger partial charge on any atom is -0.297 e. The Kier molecular flexibility index (Phi) is 2.40. The van der Waals surface area contributed by atoms with Crippen molar-refractivity contribution in [2.24, 2.45) is 5.92 Å². The summed E-state index contributed by atoms with van der Waals surface area (Å²) in [6.07, 6.45) is 7.28. The second kappa shape index (κ2) is 3.37. The van der Waals surface area contributed by atoms with E-state index in [0.29, 0.717) is 0 Å². The first kappa shape index (κ1) is 8.55. The molecule has 1 heteroatoms. The van der Waals surface area contributed by atoms with Gasteiger partial charge < -0.3 is 0 Å². The lowest BCUT2D eigenvalue weighted by Crippen LogP contribution is -2.38. The molecule has 2 unspecified atom stereocenters. The Morgan fingerprint density at radius 3 is 2.67 bits per heavy atom. The van der Waals surface area contributed by atoms with E-state index in [4.69, 9.17) is 0 Å². The summed E-state index contributed by atoms with van der Waals surface area (Å²) in [6, 6.07) is 1.80. The molecule has 1 nitrogen and oxygen atoms in total. The number of hydrogen-bond acceptors (Lipinski definition) is 1. The van der Waals surface area contributed by atoms with Gasteiger partial charge in [-0.1, -0.05) is 6.92 Å². The molecular weight excluding hydrogens is 146 g/mol. The lowest BCUT2D eigenvalue weighted by molar-refractivity contribution is 0.170. The minimum atomic E-state index is 0.832. The van der Waals surface area contributed by atoms with Crippen molar-refractivity contribution in [1.82, 2.24) is 4.90 Å². The molecule has 70 valence electrons. The zero-order chi connectivity index (χ0) is 8.55. The van der Waals surface area contributed by atoms with Crippen LogP contribution < -0.4 is 0 Å². The third kappa shape index (κ3) is 1.52. The highest BCUT2D eigenvalue weighted by atomic mass is 15.2. The van der Waals surface area contributed by atoms with Crippen LogP contribution in [0.15, 0.2) is 0 Å². The van der Waals surface area contributed by atoms with Gasteiger partial charge in [0.1, 0.15) is 0 Å². The quantitative estimate of drug-likeness (QED) is 0.624. The summed E-state index contributed by atoms with van der Waals surface area (Å²) in [4.78, 5) is 2.76. The Hall–Kier alpha value is -0.0400. The van der Waals surface area contributed by atoms with Gasteiger partial charge in [0.2, 0.25) is 0 Å². The van der Waals surface area contributed by atoms with Crippen LogP contribution in [0.4, 0.5) is 0 Å². The Balaban J connectivity index is 1.93. The molecule has 2 atom stereocenters. The van der Waals surface area contributed by atoms with Gasteiger partial charge in [0.05, 0.1) is 0 Å². The molecular formula is C11H21N. The van der Waals surface area contributed by atoms with Crippen LogP contribution in [0.25, 0.3) is 0 Å². The molecule has 1 heterocycles. The van der Waals surface area contributed by atoms with Gasteiger partial charge in [-0.3, -0.25) is 4.90 Å². The van der Waals surface area contributed by atoms with E-state index in [1.807, 2.05) is 0 Å². The number of hydrogen-bond donors (Lipinski definition) is 0. The first-order valence-electron chi connectivity index (χ1n) is 5.58. The van der Waals surface area contributed by atoms with E-state index in [2.05, 4.69) is 18.7 Å². The average molecular weight is 167 g/mol. The van der Waals surface area contributed by atoms with E-state index in [-0.39, 0.29) is 0 Å². The third-order valence-corrected chi connectivity index (χ3v) is 3.67. The molecule has 1 aliphatic heterocycles. The van der Waals surface area contributed by atoms with E-state index in [0.717, 1.165) is 18.0 Å². The van der Waals surface area contributed by atoms with Crippen molar-refractivity contribution in [2.75, 3.05) is 6.54 Å². The van der Waals surface area contributed by atoms with Crippen LogP contribution in [0.2, 0.25) is 0 Å². The molecule has 0 N–H and O–H groups in total. The van der Waals surface area contributed by atoms with Crippen molar-refractivity contribution in [1.29, 1.82) is 0 Å². The lowest BCUT2D eigenvalue weighted by atomic mass is 10.1. The summed E-state index contributed by atoms with van der Waals surface area (Å²) in [5.41, 5.74) is 0. The Morgan fingerprint density at radius 2 is 2.08 bits per heavy atom. The Morgan fingerprint density at radius 1 is 1.33 bits per heavy atom. The molecule has 1 saturated carbocycles. The maximum atomic E-state index is 2.76. The molecule has 0 spiro atoms. The van der Waals surface area contributed by atoms with Gasteiger partial charge in [0.25, 0.3) is 0 Å². The summed E-state index contributed by atoms with van der Waals surface area (Å²) < 4.78 is 0. The molecule has 0 bridgehead atoms. The predicted molar refractivity (Wildman–Crippen MR) is 52.2 cm³/mol. The van der Waals surface area contributed by atoms with Gasteiger partial charge in [-0.15, -0.1) is 0 Å². The summed E-state index contributed by atoms with van der Waals surface area (Å²) in [5.74, 6) is 1.08. The zero-order valence-electron chi connectivity index (χ0n) is 8.42. The molecule has 1 aliphatic carbocycles. The van der Waals surface area contributed by atoms with Gasteiger partial charge in [-0.25, -0.2) is 0 Å². The SMILES string of the molecule is CCC(C)N1CCCC1C1CC1. The van der Waals surface area contributed by atoms with Crippen molar-refractivity contribution in [3.63, 3.8) is 0 Å². The first-order chi connectivity index (χ1) is 5.83. The lowest BCUT2D eigenvalue weighted by Gasteiger charge is -2.30. The predicted octanol–water partition coefficient (Wildman–Crippen LogP) is 2.66. The van der Waals surface area contributed by atoms with Crippen molar-refractivity contribution in [3.8, 4) is 0 Å². The highest BCUT2D eigenvalue weighted by molar-refractivity contribution is 4.93. The highest BCUT2D eigenvalue weighted by Gasteiger charge is 2.38. The van der Waals surface area contributed by atoms with E-state index in [1.54, 1.807) is 0 Å². The average Bonchev–Trinajstić information content (AvgIpc) is 2.83. The molecule has 0 radical (unpaired) electrons. The van der Waals surface area contributed by atoms with Crippen LogP contribution >= 0.6 is 0 Å². The van der Waals surface area contributed by atoms with Crippen molar-refractivity contribution < 1.29 is 0 Å². The molecule has 1 saturated heterocycles. The normalized spacial score (nSPS) is 34.0. The zero-order valence-corrected chi connectivity index (χ0v) is 8.42. The summed E-state index contributed by atoms with van der Waals surface area (Å²) in [6.45, 7) is 6.07. The molecule has 2 rings (SSSR count). The Labute approximate surface area is 76.1 Å². The first-order valence-corrected chi connectivity index (χ1v) is 5.58. The largest absolute Gasteiger partial charge is 0.297 e. The second-order valence-electron chi connectivity index (χ2n) is 4.54. The van der Waals surface area contributed by atoms with Crippen LogP contribution in [0.1, 0.15) is 46.0 Å². The monoisotopic (exact) mass is 167 g/mol. The van der Waals surface area contributed by atoms with E-state index < -0.39 is 0 Å². The van der Waals surface area contributed by atoms with Crippen molar-refractivity contribution in [3.05, 3.63) is 0 Å². The fourth-order valence-electron chi connectivity index (χ4n) is 2.58. The second-order valence-corrected chi connectivity index (χ2v) is 4.54. The molecule has 2 aliphatic rings. The van der Waals surface area contributed by atoms with Crippen LogP contribution in [-0.2, 0) is 0 Å². The van der Waals surface area contributed by atoms with Crippen molar-refractivity contribution in [2.45, 2.75) is 58.0 Å². The van der Waals surface area contributed by atoms with Gasteiger partial charge in [-0.2, -0.15) is 0 Å². The molecule has 0 aromatic carbocycles. The number of rotatable bonds is 3. The molecule has 0 aromatic rings. The van der Waals surface area contributed by atoms with Gasteiger partial charge >= 0.3 is 0 Å². The van der Waals surface area contributed by atoms with Crippen molar-refractivity contribution >= 4 is 0 Å². The highest BCUT2D eigenvalue weighted by Crippen LogP contribution is 2.40. The minimum absolute atomic E-state index is 0.832. The van der Waals surface area contributed by atoms with Gasteiger partial charge in [-0.05, 0) is 51.5 Å². The van der Waals surface area contributed by atoms with E-state index in [1.165, 1.54) is 38.6 Å². The molecule has 2 fully saturated rings. The maximum absolute atomic E-state index is 2.76. The molecule has 12 heavy (non-hydrogen) atoms. The third-order valence-electron chi connectivity index (χ3n) is 3.67. The fourth-order valence-corrected chi connectivity index (χ4v) is 2.58. The number of likely N-dealkylation sites (tertiary alicyclic amines) is 1. The smallest absolute Gasteiger partial charge is 0.0127 e. The van der Waals surface area contributed by atoms with Gasteiger partial charge in [0.15, 0.2) is 0 Å². The maximum Gasteiger partial charge on any atom is 0.0127 e. The fraction of sp³-hybridized carbons (Fsp3) is 1.00. The van der Waals surface area contributed by atoms with Crippen LogP contribution in [0.3, 0.4) is 0 Å². The van der Waals surface area contributed by atoms with Crippen LogP contribution in [-0.4, -0.2) is 23.5 Å². The van der Waals surface area contributed by atoms with Crippen LogP contribution in [0.5, 0.6) is 0 Å². The van der Waals surface area contributed by atoms with Gasteiger partial charge in [0, 0.05) is 12.1 Å².